The van der Waals surface area contributed by atoms with Gasteiger partial charge in [0.2, 0.25) is 0 Å². The highest BCUT2D eigenvalue weighted by Gasteiger charge is 2.32. The van der Waals surface area contributed by atoms with Crippen LogP contribution in [0.4, 0.5) is 13.2 Å². The van der Waals surface area contributed by atoms with Crippen LogP contribution in [0.3, 0.4) is 0 Å². The third-order valence-electron chi connectivity index (χ3n) is 3.09. The molecule has 100 valence electrons. The lowest BCUT2D eigenvalue weighted by molar-refractivity contribution is -0.141. The van der Waals surface area contributed by atoms with Crippen molar-refractivity contribution >= 4 is 0 Å². The van der Waals surface area contributed by atoms with Gasteiger partial charge in [-0.05, 0) is 24.3 Å². The highest BCUT2D eigenvalue weighted by Crippen LogP contribution is 2.31. The van der Waals surface area contributed by atoms with Crippen LogP contribution < -0.4 is 5.32 Å². The number of pyridine rings is 1. The van der Waals surface area contributed by atoms with Crippen molar-refractivity contribution in [2.75, 3.05) is 6.54 Å². The molecule has 19 heavy (non-hydrogen) atoms. The number of nitrogens with one attached hydrogen (secondary N) is 1. The van der Waals surface area contributed by atoms with Crippen LogP contribution in [-0.4, -0.2) is 11.5 Å². The Morgan fingerprint density at radius 2 is 2.21 bits per heavy atom. The second kappa shape index (κ2) is 5.31. The molecule has 6 heteroatoms. The highest BCUT2D eigenvalue weighted by atomic mass is 19.4. The second-order valence-corrected chi connectivity index (χ2v) is 4.35. The number of halogens is 3. The van der Waals surface area contributed by atoms with Crippen LogP contribution >= 0.6 is 0 Å². The normalized spacial score (nSPS) is 20.4. The van der Waals surface area contributed by atoms with E-state index in [1.54, 1.807) is 6.20 Å². The monoisotopic (exact) mass is 267 g/mol. The minimum absolute atomic E-state index is 0.00443. The van der Waals surface area contributed by atoms with Gasteiger partial charge in [0.25, 0.3) is 0 Å². The minimum Gasteiger partial charge on any atom is -0.391 e. The molecule has 1 aromatic heterocycles. The van der Waals surface area contributed by atoms with E-state index in [2.05, 4.69) is 16.4 Å². The second-order valence-electron chi connectivity index (χ2n) is 4.35. The average molecular weight is 267 g/mol. The number of alkyl halides is 3. The first-order chi connectivity index (χ1) is 9.02. The molecule has 1 N–H and O–H groups in total. The lowest BCUT2D eigenvalue weighted by atomic mass is 9.84. The predicted octanol–water partition coefficient (Wildman–Crippen LogP) is 2.83. The fourth-order valence-corrected chi connectivity index (χ4v) is 2.07. The molecule has 0 bridgehead atoms. The Morgan fingerprint density at radius 1 is 1.42 bits per heavy atom. The van der Waals surface area contributed by atoms with Crippen molar-refractivity contribution in [2.45, 2.75) is 18.5 Å². The van der Waals surface area contributed by atoms with E-state index in [1.165, 1.54) is 6.07 Å². The zero-order valence-corrected chi connectivity index (χ0v) is 9.98. The van der Waals surface area contributed by atoms with Crippen molar-refractivity contribution in [1.82, 2.24) is 10.3 Å². The molecule has 2 rings (SSSR count). The maximum atomic E-state index is 12.4. The number of rotatable bonds is 2. The van der Waals surface area contributed by atoms with Gasteiger partial charge < -0.3 is 5.32 Å². The minimum atomic E-state index is -4.45. The highest BCUT2D eigenvalue weighted by molar-refractivity contribution is 5.27. The van der Waals surface area contributed by atoms with Gasteiger partial charge in [0.1, 0.15) is 5.69 Å². The van der Waals surface area contributed by atoms with Crippen molar-refractivity contribution in [1.29, 1.82) is 5.26 Å². The van der Waals surface area contributed by atoms with Crippen molar-refractivity contribution in [3.63, 3.8) is 0 Å². The zero-order valence-electron chi connectivity index (χ0n) is 9.98. The van der Waals surface area contributed by atoms with E-state index in [9.17, 15) is 18.4 Å². The summed E-state index contributed by atoms with van der Waals surface area (Å²) >= 11 is 0. The Labute approximate surface area is 108 Å². The Kier molecular flexibility index (Phi) is 3.74. The molecule has 0 radical (unpaired) electrons. The third kappa shape index (κ3) is 3.05. The molecule has 2 heterocycles. The van der Waals surface area contributed by atoms with Crippen LogP contribution in [0, 0.1) is 17.2 Å². The van der Waals surface area contributed by atoms with Gasteiger partial charge in [-0.25, -0.2) is 0 Å². The van der Waals surface area contributed by atoms with Gasteiger partial charge in [-0.2, -0.15) is 18.4 Å². The lowest BCUT2D eigenvalue weighted by Gasteiger charge is -2.22. The lowest BCUT2D eigenvalue weighted by Crippen LogP contribution is -2.21. The number of hydrogen-bond donors (Lipinski definition) is 1. The zero-order chi connectivity index (χ0) is 13.9. The first-order valence-electron chi connectivity index (χ1n) is 5.85. The van der Waals surface area contributed by atoms with E-state index in [-0.39, 0.29) is 5.92 Å². The van der Waals surface area contributed by atoms with E-state index < -0.39 is 17.8 Å². The topological polar surface area (TPSA) is 48.7 Å². The summed E-state index contributed by atoms with van der Waals surface area (Å²) < 4.78 is 37.2. The summed E-state index contributed by atoms with van der Waals surface area (Å²) in [6, 6.07) is 4.40. The fraction of sp³-hybridized carbons (Fsp3) is 0.385. The number of allylic oxidation sites excluding steroid dienone is 1. The summed E-state index contributed by atoms with van der Waals surface area (Å²) in [4.78, 5) is 3.40. The quantitative estimate of drug-likeness (QED) is 0.896. The van der Waals surface area contributed by atoms with Gasteiger partial charge in [-0.1, -0.05) is 12.1 Å². The van der Waals surface area contributed by atoms with Crippen LogP contribution in [0.1, 0.15) is 23.6 Å². The van der Waals surface area contributed by atoms with Crippen LogP contribution in [0.15, 0.2) is 30.6 Å². The van der Waals surface area contributed by atoms with Gasteiger partial charge >= 0.3 is 6.18 Å². The van der Waals surface area contributed by atoms with Crippen LogP contribution in [-0.2, 0) is 6.18 Å². The van der Waals surface area contributed by atoms with Gasteiger partial charge in [0, 0.05) is 18.7 Å². The number of nitriles is 1. The molecule has 2 atom stereocenters. The van der Waals surface area contributed by atoms with Crippen LogP contribution in [0.5, 0.6) is 0 Å². The van der Waals surface area contributed by atoms with E-state index in [1.807, 2.05) is 6.08 Å². The Balaban J connectivity index is 2.22. The molecule has 2 unspecified atom stereocenters. The standard InChI is InChI=1S/C13H12F3N3/c14-13(15,16)12-2-1-10(8-19-12)11(7-17)9-3-5-18-6-4-9/h1-3,5,8-9,11,18H,4,6H2. The van der Waals surface area contributed by atoms with Crippen molar-refractivity contribution in [3.8, 4) is 6.07 Å². The van der Waals surface area contributed by atoms with Crippen molar-refractivity contribution in [2.24, 2.45) is 5.92 Å². The van der Waals surface area contributed by atoms with E-state index in [4.69, 9.17) is 0 Å². The Morgan fingerprint density at radius 3 is 2.68 bits per heavy atom. The Hall–Kier alpha value is -2.03. The maximum absolute atomic E-state index is 12.4. The van der Waals surface area contributed by atoms with Gasteiger partial charge in [-0.15, -0.1) is 0 Å². The third-order valence-corrected chi connectivity index (χ3v) is 3.09. The van der Waals surface area contributed by atoms with Crippen molar-refractivity contribution < 1.29 is 13.2 Å². The summed E-state index contributed by atoms with van der Waals surface area (Å²) in [5, 5.41) is 12.2. The van der Waals surface area contributed by atoms with E-state index in [0.717, 1.165) is 25.2 Å². The van der Waals surface area contributed by atoms with Gasteiger partial charge in [-0.3, -0.25) is 4.98 Å². The molecular weight excluding hydrogens is 255 g/mol. The van der Waals surface area contributed by atoms with E-state index >= 15 is 0 Å². The summed E-state index contributed by atoms with van der Waals surface area (Å²) in [5.74, 6) is -0.460. The molecule has 0 aliphatic carbocycles. The number of aromatic nitrogens is 1. The van der Waals surface area contributed by atoms with Crippen LogP contribution in [0.2, 0.25) is 0 Å². The molecular formula is C13H12F3N3. The molecule has 1 aromatic rings. The van der Waals surface area contributed by atoms with E-state index in [0.29, 0.717) is 5.56 Å². The van der Waals surface area contributed by atoms with Gasteiger partial charge in [0.05, 0.1) is 12.0 Å². The molecule has 0 aromatic carbocycles. The molecule has 1 aliphatic rings. The smallest absolute Gasteiger partial charge is 0.391 e. The summed E-state index contributed by atoms with van der Waals surface area (Å²) in [7, 11) is 0. The molecule has 0 amide bonds. The summed E-state index contributed by atoms with van der Waals surface area (Å²) in [6.45, 7) is 0.757. The number of nitrogens with zero attached hydrogens (tertiary/aromatic N) is 2. The molecule has 1 aliphatic heterocycles. The molecule has 3 nitrogen and oxygen atoms in total. The first-order valence-corrected chi connectivity index (χ1v) is 5.85. The van der Waals surface area contributed by atoms with Crippen molar-refractivity contribution in [3.05, 3.63) is 41.9 Å². The summed E-state index contributed by atoms with van der Waals surface area (Å²) in [5.41, 5.74) is -0.416. The number of hydrogen-bond acceptors (Lipinski definition) is 3. The summed E-state index contributed by atoms with van der Waals surface area (Å²) in [6.07, 6.45) is 1.11. The first kappa shape index (κ1) is 13.4. The molecule has 0 spiro atoms. The molecule has 0 fully saturated rings. The van der Waals surface area contributed by atoms with Crippen LogP contribution in [0.25, 0.3) is 0 Å². The van der Waals surface area contributed by atoms with Gasteiger partial charge in [0.15, 0.2) is 0 Å². The molecule has 0 saturated heterocycles. The molecule has 0 saturated carbocycles. The maximum Gasteiger partial charge on any atom is 0.433 e. The largest absolute Gasteiger partial charge is 0.433 e. The Bertz CT molecular complexity index is 499. The fourth-order valence-electron chi connectivity index (χ4n) is 2.07. The average Bonchev–Trinajstić information content (AvgIpc) is 2.40. The predicted molar refractivity (Wildman–Crippen MR) is 62.8 cm³/mol. The SMILES string of the molecule is N#CC(c1ccc(C(F)(F)F)nc1)C1C=CNCC1.